The van der Waals surface area contributed by atoms with E-state index >= 15 is 0 Å². The monoisotopic (exact) mass is 414 g/mol. The standard InChI is InChI=1S/C12H18O13.2Na/c13-1-2(14)7(9(18)19)25-12(5(1)17)24-6-3(15)4(16)11(22)23-8(6)10(20)21;;/h1-8,11-17,22H,(H,18,19)(H,20,21);;/q;2*+1/p-2/t1-,2-,3+,4-,5-,6-,7+,8+,11+,12+;;/m0../s1. The van der Waals surface area contributed by atoms with E-state index in [1.54, 1.807) is 0 Å². The molecule has 0 radical (unpaired) electrons. The van der Waals surface area contributed by atoms with E-state index < -0.39 is 73.4 Å². The Bertz CT molecular complexity index is 522. The van der Waals surface area contributed by atoms with Crippen LogP contribution in [0.4, 0.5) is 0 Å². The summed E-state index contributed by atoms with van der Waals surface area (Å²) in [6, 6.07) is 0. The Morgan fingerprint density at radius 1 is 0.704 bits per heavy atom. The van der Waals surface area contributed by atoms with Crippen LogP contribution in [0.3, 0.4) is 0 Å². The molecule has 13 nitrogen and oxygen atoms in total. The van der Waals surface area contributed by atoms with Crippen LogP contribution in [0.5, 0.6) is 0 Å². The molecule has 10 atom stereocenters. The smallest absolute Gasteiger partial charge is 0.547 e. The summed E-state index contributed by atoms with van der Waals surface area (Å²) in [5, 5.41) is 79.6. The number of carbonyl (C=O) groups excluding carboxylic acids is 2. The van der Waals surface area contributed by atoms with Crippen LogP contribution in [0.2, 0.25) is 0 Å². The van der Waals surface area contributed by atoms with Crippen molar-refractivity contribution in [2.45, 2.75) is 61.4 Å². The number of hydrogen-bond donors (Lipinski definition) is 6. The molecule has 0 aromatic carbocycles. The van der Waals surface area contributed by atoms with E-state index in [1.165, 1.54) is 0 Å². The van der Waals surface area contributed by atoms with Crippen molar-refractivity contribution in [3.63, 3.8) is 0 Å². The van der Waals surface area contributed by atoms with Gasteiger partial charge in [-0.3, -0.25) is 0 Å². The topological polar surface area (TPSA) is 229 Å². The summed E-state index contributed by atoms with van der Waals surface area (Å²) in [7, 11) is 0. The molecule has 0 bridgehead atoms. The van der Waals surface area contributed by atoms with Crippen LogP contribution in [0.25, 0.3) is 0 Å². The van der Waals surface area contributed by atoms with E-state index in [9.17, 15) is 50.4 Å². The fourth-order valence-corrected chi connectivity index (χ4v) is 2.50. The summed E-state index contributed by atoms with van der Waals surface area (Å²) in [5.41, 5.74) is 0. The number of carbonyl (C=O) groups is 2. The molecule has 0 saturated carbocycles. The van der Waals surface area contributed by atoms with E-state index in [4.69, 9.17) is 9.47 Å². The molecular formula is C12H16Na2O13. The zero-order chi connectivity index (χ0) is 19.0. The van der Waals surface area contributed by atoms with Crippen molar-refractivity contribution in [2.75, 3.05) is 0 Å². The predicted octanol–water partition coefficient (Wildman–Crippen LogP) is -13.9. The maximum absolute atomic E-state index is 11.1. The quantitative estimate of drug-likeness (QED) is 0.235. The van der Waals surface area contributed by atoms with Crippen LogP contribution in [0.15, 0.2) is 0 Å². The van der Waals surface area contributed by atoms with Crippen molar-refractivity contribution in [3.8, 4) is 0 Å². The van der Waals surface area contributed by atoms with Gasteiger partial charge in [0.15, 0.2) is 12.6 Å². The zero-order valence-electron chi connectivity index (χ0n) is 14.3. The van der Waals surface area contributed by atoms with Crippen molar-refractivity contribution in [1.82, 2.24) is 0 Å². The van der Waals surface area contributed by atoms with Gasteiger partial charge in [-0.15, -0.1) is 0 Å². The first-order chi connectivity index (χ1) is 11.6. The molecule has 2 saturated heterocycles. The van der Waals surface area contributed by atoms with Crippen molar-refractivity contribution < 1.29 is 124 Å². The van der Waals surface area contributed by atoms with E-state index in [-0.39, 0.29) is 59.1 Å². The largest absolute Gasteiger partial charge is 1.00 e. The van der Waals surface area contributed by atoms with Gasteiger partial charge in [-0.05, 0) is 0 Å². The summed E-state index contributed by atoms with van der Waals surface area (Å²) >= 11 is 0. The van der Waals surface area contributed by atoms with Gasteiger partial charge < -0.3 is 64.7 Å². The van der Waals surface area contributed by atoms with Crippen molar-refractivity contribution in [1.29, 1.82) is 0 Å². The predicted molar refractivity (Wildman–Crippen MR) is 64.5 cm³/mol. The van der Waals surface area contributed by atoms with Gasteiger partial charge in [0.25, 0.3) is 0 Å². The molecule has 2 rings (SSSR count). The van der Waals surface area contributed by atoms with Crippen molar-refractivity contribution in [3.05, 3.63) is 0 Å². The maximum atomic E-state index is 11.1. The summed E-state index contributed by atoms with van der Waals surface area (Å²) in [6.45, 7) is 0. The molecular weight excluding hydrogens is 398 g/mol. The second kappa shape index (κ2) is 11.1. The SMILES string of the molecule is O=C([O-])[C@@H]1O[C@@H](O[C@H]2[C@H](O)[C@H](O)[C@H](O)O[C@H]2C(=O)[O-])[C@@H](O)[C@@H](O)[C@@H]1O.[Na+].[Na+]. The van der Waals surface area contributed by atoms with Crippen molar-refractivity contribution >= 4 is 11.9 Å². The van der Waals surface area contributed by atoms with Gasteiger partial charge in [-0.25, -0.2) is 0 Å². The number of aliphatic hydroxyl groups is 6. The van der Waals surface area contributed by atoms with E-state index in [1.807, 2.05) is 0 Å². The van der Waals surface area contributed by atoms with Gasteiger partial charge in [0, 0.05) is 0 Å². The molecule has 0 aliphatic carbocycles. The summed E-state index contributed by atoms with van der Waals surface area (Å²) in [4.78, 5) is 21.9. The fourth-order valence-electron chi connectivity index (χ4n) is 2.50. The molecule has 2 aliphatic rings. The first kappa shape index (κ1) is 27.6. The molecule has 0 aromatic rings. The second-order valence-corrected chi connectivity index (χ2v) is 5.56. The third kappa shape index (κ3) is 5.81. The van der Waals surface area contributed by atoms with E-state index in [0.29, 0.717) is 0 Å². The third-order valence-corrected chi connectivity index (χ3v) is 3.89. The van der Waals surface area contributed by atoms with Gasteiger partial charge in [0.1, 0.15) is 48.8 Å². The van der Waals surface area contributed by atoms with Crippen LogP contribution < -0.4 is 69.3 Å². The van der Waals surface area contributed by atoms with Crippen molar-refractivity contribution in [2.24, 2.45) is 0 Å². The molecule has 2 heterocycles. The minimum Gasteiger partial charge on any atom is -0.547 e. The average molecular weight is 414 g/mol. The maximum Gasteiger partial charge on any atom is 1.00 e. The number of hydrogen-bond acceptors (Lipinski definition) is 13. The first-order valence-corrected chi connectivity index (χ1v) is 7.02. The van der Waals surface area contributed by atoms with E-state index in [2.05, 4.69) is 4.74 Å². The Labute approximate surface area is 196 Å². The minimum absolute atomic E-state index is 0. The molecule has 0 unspecified atom stereocenters. The van der Waals surface area contributed by atoms with Gasteiger partial charge in [-0.2, -0.15) is 0 Å². The number of carboxylic acid groups (broad SMARTS) is 2. The zero-order valence-corrected chi connectivity index (χ0v) is 18.3. The van der Waals surface area contributed by atoms with E-state index in [0.717, 1.165) is 0 Å². The van der Waals surface area contributed by atoms with Crippen LogP contribution in [0, 0.1) is 0 Å². The molecule has 2 fully saturated rings. The summed E-state index contributed by atoms with van der Waals surface area (Å²) < 4.78 is 14.2. The molecule has 0 spiro atoms. The molecule has 2 aliphatic heterocycles. The van der Waals surface area contributed by atoms with Crippen LogP contribution in [-0.4, -0.2) is 104 Å². The van der Waals surface area contributed by atoms with Gasteiger partial charge >= 0.3 is 59.1 Å². The van der Waals surface area contributed by atoms with Gasteiger partial charge in [0.05, 0.1) is 11.9 Å². The Hall–Kier alpha value is 0.580. The van der Waals surface area contributed by atoms with Crippen LogP contribution >= 0.6 is 0 Å². The Morgan fingerprint density at radius 2 is 1.22 bits per heavy atom. The summed E-state index contributed by atoms with van der Waals surface area (Å²) in [5.74, 6) is -3.92. The minimum atomic E-state index is -2.14. The number of aliphatic hydroxyl groups excluding tert-OH is 6. The van der Waals surface area contributed by atoms with Gasteiger partial charge in [0.2, 0.25) is 0 Å². The molecule has 144 valence electrons. The average Bonchev–Trinajstić information content (AvgIpc) is 2.54. The Balaban J connectivity index is 0.00000338. The fraction of sp³-hybridized carbons (Fsp3) is 0.833. The number of rotatable bonds is 4. The molecule has 0 amide bonds. The van der Waals surface area contributed by atoms with Gasteiger partial charge in [-0.1, -0.05) is 0 Å². The third-order valence-electron chi connectivity index (χ3n) is 3.89. The second-order valence-electron chi connectivity index (χ2n) is 5.56. The summed E-state index contributed by atoms with van der Waals surface area (Å²) in [6.07, 6.45) is -20.6. The Morgan fingerprint density at radius 3 is 1.70 bits per heavy atom. The normalized spacial score (nSPS) is 44.5. The molecule has 27 heavy (non-hydrogen) atoms. The first-order valence-electron chi connectivity index (χ1n) is 7.02. The van der Waals surface area contributed by atoms with Crippen LogP contribution in [0.1, 0.15) is 0 Å². The van der Waals surface area contributed by atoms with Crippen LogP contribution in [-0.2, 0) is 23.8 Å². The molecule has 6 N–H and O–H groups in total. The number of carboxylic acids is 2. The number of aliphatic carboxylic acids is 2. The molecule has 0 aromatic heterocycles. The Kier molecular flexibility index (Phi) is 11.3. The molecule has 15 heteroatoms. The number of ether oxygens (including phenoxy) is 3.